The molecule has 1 aromatic heterocycles. The van der Waals surface area contributed by atoms with Gasteiger partial charge < -0.3 is 10.2 Å². The normalized spacial score (nSPS) is 16.0. The summed E-state index contributed by atoms with van der Waals surface area (Å²) in [5, 5.41) is 23.8. The lowest BCUT2D eigenvalue weighted by Crippen LogP contribution is -3.14. The van der Waals surface area contributed by atoms with Gasteiger partial charge in [0.2, 0.25) is 5.91 Å². The highest BCUT2D eigenvalue weighted by Crippen LogP contribution is 2.34. The zero-order chi connectivity index (χ0) is 20.3. The van der Waals surface area contributed by atoms with Crippen LogP contribution in [0.1, 0.15) is 35.4 Å². The van der Waals surface area contributed by atoms with E-state index in [-0.39, 0.29) is 11.6 Å². The van der Waals surface area contributed by atoms with E-state index in [1.807, 2.05) is 0 Å². The van der Waals surface area contributed by atoms with Crippen LogP contribution < -0.4 is 10.2 Å². The number of nitriles is 1. The average Bonchev–Trinajstić information content (AvgIpc) is 3.02. The molecule has 0 radical (unpaired) electrons. The molecule has 3 rings (SSSR count). The van der Waals surface area contributed by atoms with Crippen molar-refractivity contribution >= 4 is 34.0 Å². The number of anilines is 1. The number of nitrogens with one attached hydrogen (secondary N) is 2. The fraction of sp³-hybridized carbons (Fsp3) is 0.300. The van der Waals surface area contributed by atoms with E-state index in [1.165, 1.54) is 40.5 Å². The zero-order valence-electron chi connectivity index (χ0n) is 15.7. The molecular weight excluding hydrogens is 376 g/mol. The average molecular weight is 397 g/mol. The zero-order valence-corrected chi connectivity index (χ0v) is 16.5. The molecule has 0 saturated heterocycles. The fourth-order valence-electron chi connectivity index (χ4n) is 3.27. The van der Waals surface area contributed by atoms with Crippen molar-refractivity contribution in [3.63, 3.8) is 0 Å². The Morgan fingerprint density at radius 1 is 1.46 bits per heavy atom. The van der Waals surface area contributed by atoms with Crippen LogP contribution in [0.3, 0.4) is 0 Å². The van der Waals surface area contributed by atoms with Crippen LogP contribution in [0.4, 0.5) is 10.7 Å². The predicted molar refractivity (Wildman–Crippen MR) is 108 cm³/mol. The van der Waals surface area contributed by atoms with Crippen LogP contribution in [0.25, 0.3) is 6.08 Å². The van der Waals surface area contributed by atoms with Crippen LogP contribution in [0.15, 0.2) is 30.3 Å². The number of hydrogen-bond acceptors (Lipinski definition) is 5. The summed E-state index contributed by atoms with van der Waals surface area (Å²) in [6.45, 7) is 6.21. The molecule has 1 unspecified atom stereocenters. The van der Waals surface area contributed by atoms with Gasteiger partial charge in [-0.25, -0.2) is 0 Å². The number of carbonyl (C=O) groups excluding carboxylic acids is 1. The monoisotopic (exact) mass is 397 g/mol. The van der Waals surface area contributed by atoms with Gasteiger partial charge in [-0.3, -0.25) is 14.9 Å². The lowest BCUT2D eigenvalue weighted by Gasteiger charge is -2.27. The van der Waals surface area contributed by atoms with Crippen molar-refractivity contribution in [3.05, 3.63) is 62.0 Å². The van der Waals surface area contributed by atoms with E-state index in [0.29, 0.717) is 22.2 Å². The summed E-state index contributed by atoms with van der Waals surface area (Å²) in [5.41, 5.74) is 2.14. The molecule has 1 aliphatic heterocycles. The standard InChI is InChI=1S/C20H20N4O3S/c1-13(2)23-9-8-16-17(11-21)20(28-18(16)12-23)22-19(25)7-6-14-4-3-5-15(10-14)24(26)27/h3-7,10,13H,8-9,12H2,1-2H3,(H,22,25)/p+1. The topological polar surface area (TPSA) is 100 Å². The molecular formula is C20H21N4O3S+. The van der Waals surface area contributed by atoms with E-state index in [0.717, 1.165) is 30.0 Å². The Hall–Kier alpha value is -3.02. The number of non-ortho nitro benzene ring substituents is 1. The number of hydrogen-bond donors (Lipinski definition) is 2. The van der Waals surface area contributed by atoms with E-state index in [4.69, 9.17) is 0 Å². The van der Waals surface area contributed by atoms with Crippen LogP contribution >= 0.6 is 11.3 Å². The Balaban J connectivity index is 1.75. The number of fused-ring (bicyclic) bond motifs is 1. The van der Waals surface area contributed by atoms with Crippen molar-refractivity contribution in [1.82, 2.24) is 0 Å². The van der Waals surface area contributed by atoms with E-state index in [2.05, 4.69) is 25.2 Å². The van der Waals surface area contributed by atoms with Crippen molar-refractivity contribution in [1.29, 1.82) is 5.26 Å². The summed E-state index contributed by atoms with van der Waals surface area (Å²) in [7, 11) is 0. The third-order valence-electron chi connectivity index (χ3n) is 4.85. The first-order valence-corrected chi connectivity index (χ1v) is 9.83. The summed E-state index contributed by atoms with van der Waals surface area (Å²) >= 11 is 1.47. The van der Waals surface area contributed by atoms with E-state index in [1.54, 1.807) is 12.1 Å². The van der Waals surface area contributed by atoms with Gasteiger partial charge in [0.1, 0.15) is 17.6 Å². The van der Waals surface area contributed by atoms with Gasteiger partial charge in [0, 0.05) is 24.6 Å². The van der Waals surface area contributed by atoms with Gasteiger partial charge in [0.15, 0.2) is 0 Å². The molecule has 28 heavy (non-hydrogen) atoms. The number of quaternary nitrogens is 1. The summed E-state index contributed by atoms with van der Waals surface area (Å²) in [4.78, 5) is 25.3. The maximum absolute atomic E-state index is 12.3. The van der Waals surface area contributed by atoms with Gasteiger partial charge in [-0.15, -0.1) is 11.3 Å². The van der Waals surface area contributed by atoms with Crippen LogP contribution in [-0.2, 0) is 17.8 Å². The molecule has 0 bridgehead atoms. The Morgan fingerprint density at radius 3 is 2.93 bits per heavy atom. The summed E-state index contributed by atoms with van der Waals surface area (Å²) in [5.74, 6) is -0.366. The molecule has 7 nitrogen and oxygen atoms in total. The van der Waals surface area contributed by atoms with Crippen molar-refractivity contribution in [2.24, 2.45) is 0 Å². The van der Waals surface area contributed by atoms with E-state index < -0.39 is 4.92 Å². The Kier molecular flexibility index (Phi) is 5.87. The summed E-state index contributed by atoms with van der Waals surface area (Å²) in [6.07, 6.45) is 3.68. The molecule has 2 aromatic rings. The minimum atomic E-state index is -0.477. The minimum absolute atomic E-state index is 0.0301. The van der Waals surface area contributed by atoms with E-state index >= 15 is 0 Å². The Bertz CT molecular complexity index is 988. The molecule has 1 aromatic carbocycles. The van der Waals surface area contributed by atoms with Crippen molar-refractivity contribution in [3.8, 4) is 6.07 Å². The molecule has 1 aliphatic rings. The number of thiophene rings is 1. The summed E-state index contributed by atoms with van der Waals surface area (Å²) < 4.78 is 0. The fourth-order valence-corrected chi connectivity index (χ4v) is 4.52. The third kappa shape index (κ3) is 4.27. The maximum atomic E-state index is 12.3. The van der Waals surface area contributed by atoms with Gasteiger partial charge in [-0.1, -0.05) is 12.1 Å². The van der Waals surface area contributed by atoms with Gasteiger partial charge in [0.25, 0.3) is 5.69 Å². The second-order valence-corrected chi connectivity index (χ2v) is 8.09. The number of rotatable bonds is 5. The first-order valence-electron chi connectivity index (χ1n) is 9.01. The van der Waals surface area contributed by atoms with Gasteiger partial charge in [-0.05, 0) is 31.1 Å². The largest absolute Gasteiger partial charge is 0.328 e. The molecule has 2 N–H and O–H groups in total. The second kappa shape index (κ2) is 8.33. The minimum Gasteiger partial charge on any atom is -0.328 e. The molecule has 2 heterocycles. The molecule has 1 amide bonds. The predicted octanol–water partition coefficient (Wildman–Crippen LogP) is 2.53. The number of nitro groups is 1. The smallest absolute Gasteiger partial charge is 0.270 e. The van der Waals surface area contributed by atoms with Gasteiger partial charge in [-0.2, -0.15) is 5.26 Å². The Labute approximate surface area is 167 Å². The molecule has 0 spiro atoms. The van der Waals surface area contributed by atoms with Crippen LogP contribution in [0, 0.1) is 21.4 Å². The summed E-state index contributed by atoms with van der Waals surface area (Å²) in [6, 6.07) is 8.80. The number of benzene rings is 1. The lowest BCUT2D eigenvalue weighted by molar-refractivity contribution is -0.936. The molecule has 1 atom stereocenters. The highest BCUT2D eigenvalue weighted by atomic mass is 32.1. The second-order valence-electron chi connectivity index (χ2n) is 6.98. The third-order valence-corrected chi connectivity index (χ3v) is 6.00. The van der Waals surface area contributed by atoms with Crippen molar-refractivity contribution in [2.75, 3.05) is 11.9 Å². The quantitative estimate of drug-likeness (QED) is 0.460. The van der Waals surface area contributed by atoms with Crippen LogP contribution in [0.2, 0.25) is 0 Å². The lowest BCUT2D eigenvalue weighted by atomic mass is 10.0. The van der Waals surface area contributed by atoms with Gasteiger partial charge in [0.05, 0.1) is 28.0 Å². The maximum Gasteiger partial charge on any atom is 0.270 e. The molecule has 8 heteroatoms. The van der Waals surface area contributed by atoms with Gasteiger partial charge >= 0.3 is 0 Å². The number of carbonyl (C=O) groups is 1. The Morgan fingerprint density at radius 2 is 2.25 bits per heavy atom. The van der Waals surface area contributed by atoms with Crippen molar-refractivity contribution in [2.45, 2.75) is 32.9 Å². The molecule has 0 aliphatic carbocycles. The molecule has 144 valence electrons. The van der Waals surface area contributed by atoms with Crippen molar-refractivity contribution < 1.29 is 14.6 Å². The number of nitro benzene ring substituents is 1. The molecule has 0 saturated carbocycles. The SMILES string of the molecule is CC(C)[NH+]1CCc2c(sc(NC(=O)C=Cc3cccc([N+](=O)[O-])c3)c2C#N)C1. The number of nitrogens with zero attached hydrogens (tertiary/aromatic N) is 2. The number of amides is 1. The van der Waals surface area contributed by atoms with Crippen LogP contribution in [0.5, 0.6) is 0 Å². The highest BCUT2D eigenvalue weighted by Gasteiger charge is 2.28. The first-order chi connectivity index (χ1) is 13.4. The first kappa shape index (κ1) is 19.7. The molecule has 0 fully saturated rings. The van der Waals surface area contributed by atoms with Crippen LogP contribution in [-0.4, -0.2) is 23.4 Å². The highest BCUT2D eigenvalue weighted by molar-refractivity contribution is 7.16. The van der Waals surface area contributed by atoms with E-state index in [9.17, 15) is 20.2 Å².